The highest BCUT2D eigenvalue weighted by atomic mass is 32.2. The molecule has 6 heteroatoms. The quantitative estimate of drug-likeness (QED) is 0.570. The molecule has 5 nitrogen and oxygen atoms in total. The first-order valence-electron chi connectivity index (χ1n) is 9.31. The van der Waals surface area contributed by atoms with Crippen molar-refractivity contribution in [1.29, 1.82) is 0 Å². The van der Waals surface area contributed by atoms with E-state index in [0.29, 0.717) is 16.1 Å². The summed E-state index contributed by atoms with van der Waals surface area (Å²) in [5, 5.41) is 1.01. The van der Waals surface area contributed by atoms with Crippen molar-refractivity contribution in [3.8, 4) is 0 Å². The molecule has 140 valence electrons. The van der Waals surface area contributed by atoms with Crippen LogP contribution in [0.25, 0.3) is 10.9 Å². The molecule has 1 aliphatic carbocycles. The number of hydrogen-bond donors (Lipinski definition) is 0. The van der Waals surface area contributed by atoms with E-state index in [0.717, 1.165) is 12.8 Å². The molecule has 0 saturated heterocycles. The van der Waals surface area contributed by atoms with Gasteiger partial charge in [0.1, 0.15) is 0 Å². The Balaban J connectivity index is 1.96. The summed E-state index contributed by atoms with van der Waals surface area (Å²) in [6.07, 6.45) is 2.00. The summed E-state index contributed by atoms with van der Waals surface area (Å²) in [7, 11) is 0. The average Bonchev–Trinajstić information content (AvgIpc) is 3.39. The van der Waals surface area contributed by atoms with E-state index in [4.69, 9.17) is 4.98 Å². The highest BCUT2D eigenvalue weighted by Gasteiger charge is 2.31. The molecule has 0 radical (unpaired) electrons. The highest BCUT2D eigenvalue weighted by molar-refractivity contribution is 8.00. The van der Waals surface area contributed by atoms with Crippen molar-refractivity contribution in [2.24, 2.45) is 0 Å². The minimum Gasteiger partial charge on any atom is -0.337 e. The number of nitrogens with zero attached hydrogens (tertiary/aromatic N) is 3. The van der Waals surface area contributed by atoms with Crippen LogP contribution in [0.15, 0.2) is 34.2 Å². The lowest BCUT2D eigenvalue weighted by atomic mass is 10.2. The predicted octanol–water partition coefficient (Wildman–Crippen LogP) is 3.86. The standard InChI is InChI=1S/C20H27N3O2S/c1-12(2)22(13(3)4)18(24)14(5)26-20-21-17-9-7-6-8-16(17)19(25)23(20)15-10-11-15/h6-9,12-15H,10-11H2,1-5H3. The van der Waals surface area contributed by atoms with E-state index in [1.165, 1.54) is 11.8 Å². The van der Waals surface area contributed by atoms with Crippen LogP contribution in [0.2, 0.25) is 0 Å². The van der Waals surface area contributed by atoms with Gasteiger partial charge in [-0.2, -0.15) is 0 Å². The summed E-state index contributed by atoms with van der Waals surface area (Å²) in [6, 6.07) is 7.94. The zero-order valence-electron chi connectivity index (χ0n) is 16.1. The molecule has 1 fully saturated rings. The second-order valence-corrected chi connectivity index (χ2v) is 8.82. The van der Waals surface area contributed by atoms with E-state index in [2.05, 4.69) is 0 Å². The molecule has 1 amide bonds. The molecule has 2 aromatic rings. The fraction of sp³-hybridized carbons (Fsp3) is 0.550. The first kappa shape index (κ1) is 19.0. The topological polar surface area (TPSA) is 55.2 Å². The maximum Gasteiger partial charge on any atom is 0.262 e. The molecule has 1 aromatic carbocycles. The van der Waals surface area contributed by atoms with Crippen molar-refractivity contribution < 1.29 is 4.79 Å². The molecular formula is C20H27N3O2S. The van der Waals surface area contributed by atoms with Crippen LogP contribution in [0.5, 0.6) is 0 Å². The molecule has 0 aliphatic heterocycles. The number of hydrogen-bond acceptors (Lipinski definition) is 4. The molecule has 26 heavy (non-hydrogen) atoms. The zero-order valence-corrected chi connectivity index (χ0v) is 16.9. The first-order valence-corrected chi connectivity index (χ1v) is 10.2. The molecule has 0 bridgehead atoms. The Morgan fingerprint density at radius 3 is 2.35 bits per heavy atom. The lowest BCUT2D eigenvalue weighted by Crippen LogP contribution is -2.45. The molecule has 1 atom stereocenters. The minimum atomic E-state index is -0.294. The summed E-state index contributed by atoms with van der Waals surface area (Å²) >= 11 is 1.40. The monoisotopic (exact) mass is 373 g/mol. The van der Waals surface area contributed by atoms with Gasteiger partial charge < -0.3 is 4.90 Å². The van der Waals surface area contributed by atoms with Gasteiger partial charge in [0.25, 0.3) is 5.56 Å². The Kier molecular flexibility index (Phi) is 5.42. The van der Waals surface area contributed by atoms with Gasteiger partial charge in [-0.3, -0.25) is 14.2 Å². The number of carbonyl (C=O) groups is 1. The van der Waals surface area contributed by atoms with Crippen LogP contribution in [0.1, 0.15) is 53.5 Å². The predicted molar refractivity (Wildman–Crippen MR) is 107 cm³/mol. The minimum absolute atomic E-state index is 0.00447. The Hall–Kier alpha value is -1.82. The van der Waals surface area contributed by atoms with Crippen molar-refractivity contribution >= 4 is 28.6 Å². The number of benzene rings is 1. The third kappa shape index (κ3) is 3.65. The molecule has 1 unspecified atom stereocenters. The van der Waals surface area contributed by atoms with Gasteiger partial charge in [-0.05, 0) is 59.6 Å². The summed E-state index contributed by atoms with van der Waals surface area (Å²) in [5.41, 5.74) is 0.700. The molecule has 0 N–H and O–H groups in total. The Bertz CT molecular complexity index is 863. The van der Waals surface area contributed by atoms with Gasteiger partial charge in [-0.1, -0.05) is 23.9 Å². The fourth-order valence-corrected chi connectivity index (χ4v) is 4.42. The van der Waals surface area contributed by atoms with Gasteiger partial charge in [0.05, 0.1) is 16.2 Å². The molecule has 0 spiro atoms. The van der Waals surface area contributed by atoms with Crippen LogP contribution in [-0.2, 0) is 4.79 Å². The number of fused-ring (bicyclic) bond motifs is 1. The van der Waals surface area contributed by atoms with Crippen LogP contribution in [-0.4, -0.2) is 37.7 Å². The van der Waals surface area contributed by atoms with Gasteiger partial charge in [-0.25, -0.2) is 4.98 Å². The lowest BCUT2D eigenvalue weighted by molar-refractivity contribution is -0.133. The summed E-state index contributed by atoms with van der Waals surface area (Å²) in [4.78, 5) is 32.5. The van der Waals surface area contributed by atoms with Crippen LogP contribution >= 0.6 is 11.8 Å². The van der Waals surface area contributed by atoms with Gasteiger partial charge in [0, 0.05) is 18.1 Å². The van der Waals surface area contributed by atoms with Crippen molar-refractivity contribution in [1.82, 2.24) is 14.5 Å². The normalized spacial score (nSPS) is 15.7. The highest BCUT2D eigenvalue weighted by Crippen LogP contribution is 2.37. The van der Waals surface area contributed by atoms with Crippen LogP contribution in [0.3, 0.4) is 0 Å². The third-order valence-corrected chi connectivity index (χ3v) is 5.74. The second-order valence-electron chi connectivity index (χ2n) is 7.51. The Morgan fingerprint density at radius 1 is 1.15 bits per heavy atom. The molecule has 1 heterocycles. The van der Waals surface area contributed by atoms with E-state index in [-0.39, 0.29) is 34.8 Å². The average molecular weight is 374 g/mol. The first-order chi connectivity index (χ1) is 12.3. The van der Waals surface area contributed by atoms with Gasteiger partial charge >= 0.3 is 0 Å². The number of carbonyl (C=O) groups excluding carboxylic acids is 1. The van der Waals surface area contributed by atoms with Crippen molar-refractivity contribution in [3.05, 3.63) is 34.6 Å². The van der Waals surface area contributed by atoms with E-state index in [1.54, 1.807) is 4.57 Å². The second kappa shape index (κ2) is 7.43. The molecule has 1 saturated carbocycles. The Morgan fingerprint density at radius 2 is 1.77 bits per heavy atom. The van der Waals surface area contributed by atoms with Crippen LogP contribution in [0, 0.1) is 0 Å². The van der Waals surface area contributed by atoms with Gasteiger partial charge in [0.15, 0.2) is 5.16 Å². The van der Waals surface area contributed by atoms with Gasteiger partial charge in [0.2, 0.25) is 5.91 Å². The molecular weight excluding hydrogens is 346 g/mol. The van der Waals surface area contributed by atoms with E-state index in [9.17, 15) is 9.59 Å². The molecule has 3 rings (SSSR count). The van der Waals surface area contributed by atoms with Crippen molar-refractivity contribution in [2.45, 2.75) is 76.0 Å². The van der Waals surface area contributed by atoms with E-state index in [1.807, 2.05) is 63.8 Å². The fourth-order valence-electron chi connectivity index (χ4n) is 3.39. The smallest absolute Gasteiger partial charge is 0.262 e. The third-order valence-electron chi connectivity index (χ3n) is 4.68. The van der Waals surface area contributed by atoms with Gasteiger partial charge in [-0.15, -0.1) is 0 Å². The summed E-state index contributed by atoms with van der Waals surface area (Å²) in [5.74, 6) is 0.0877. The van der Waals surface area contributed by atoms with Crippen LogP contribution in [0.4, 0.5) is 0 Å². The number of amides is 1. The summed E-state index contributed by atoms with van der Waals surface area (Å²) in [6.45, 7) is 10.0. The number of rotatable bonds is 6. The Labute approximate surface area is 158 Å². The zero-order chi connectivity index (χ0) is 19.0. The van der Waals surface area contributed by atoms with Crippen molar-refractivity contribution in [2.75, 3.05) is 0 Å². The molecule has 1 aliphatic rings. The van der Waals surface area contributed by atoms with Crippen molar-refractivity contribution in [3.63, 3.8) is 0 Å². The van der Waals surface area contributed by atoms with E-state index < -0.39 is 0 Å². The number of thioether (sulfide) groups is 1. The number of para-hydroxylation sites is 1. The SMILES string of the molecule is CC(Sc1nc2ccccc2c(=O)n1C1CC1)C(=O)N(C(C)C)C(C)C. The maximum absolute atomic E-state index is 13.0. The number of aromatic nitrogens is 2. The molecule has 1 aromatic heterocycles. The van der Waals surface area contributed by atoms with E-state index >= 15 is 0 Å². The maximum atomic E-state index is 13.0. The summed E-state index contributed by atoms with van der Waals surface area (Å²) < 4.78 is 1.80. The largest absolute Gasteiger partial charge is 0.337 e. The lowest BCUT2D eigenvalue weighted by Gasteiger charge is -2.33. The van der Waals surface area contributed by atoms with Crippen LogP contribution < -0.4 is 5.56 Å².